The number of carbonyl (C=O) groups is 2. The third kappa shape index (κ3) is 6.70. The minimum absolute atomic E-state index is 0.0130. The molecule has 1 rings (SSSR count). The average molecular weight is 341 g/mol. The van der Waals surface area contributed by atoms with Gasteiger partial charge >= 0.3 is 0 Å². The molecule has 0 bridgehead atoms. The second kappa shape index (κ2) is 9.53. The number of halogens is 1. The largest absolute Gasteiger partial charge is 0.356 e. The van der Waals surface area contributed by atoms with Crippen LogP contribution in [0.1, 0.15) is 31.7 Å². The fourth-order valence-corrected chi connectivity index (χ4v) is 2.15. The van der Waals surface area contributed by atoms with Crippen molar-refractivity contribution in [3.05, 3.63) is 29.8 Å². The number of hydrogen-bond acceptors (Lipinski definition) is 2. The predicted molar refractivity (Wildman–Crippen MR) is 85.1 cm³/mol. The van der Waals surface area contributed by atoms with Crippen LogP contribution < -0.4 is 10.6 Å². The van der Waals surface area contributed by atoms with Gasteiger partial charge in [0, 0.05) is 24.0 Å². The van der Waals surface area contributed by atoms with E-state index in [1.54, 1.807) is 0 Å². The fraction of sp³-hybridized carbons (Fsp3) is 0.467. The Kier molecular flexibility index (Phi) is 7.95. The Morgan fingerprint density at radius 3 is 2.40 bits per heavy atom. The summed E-state index contributed by atoms with van der Waals surface area (Å²) in [6.45, 7) is 2.54. The van der Waals surface area contributed by atoms with Gasteiger partial charge in [0.25, 0.3) is 0 Å². The first-order valence-corrected chi connectivity index (χ1v) is 7.99. The van der Waals surface area contributed by atoms with Crippen molar-refractivity contribution in [2.24, 2.45) is 0 Å². The lowest BCUT2D eigenvalue weighted by Gasteiger charge is -2.06. The van der Waals surface area contributed by atoms with Crippen LogP contribution in [0, 0.1) is 0 Å². The summed E-state index contributed by atoms with van der Waals surface area (Å²) in [4.78, 5) is 23.1. The van der Waals surface area contributed by atoms with Gasteiger partial charge in [0.05, 0.1) is 6.42 Å². The van der Waals surface area contributed by atoms with E-state index in [4.69, 9.17) is 0 Å². The average Bonchev–Trinajstić information content (AvgIpc) is 2.41. The van der Waals surface area contributed by atoms with Crippen molar-refractivity contribution in [1.29, 1.82) is 0 Å². The quantitative estimate of drug-likeness (QED) is 0.564. The summed E-state index contributed by atoms with van der Waals surface area (Å²) in [6, 6.07) is 7.39. The number of alkyl halides is 1. The molecule has 0 aromatic heterocycles. The number of unbranched alkanes of at least 4 members (excludes halogenated alkanes) is 1. The van der Waals surface area contributed by atoms with E-state index in [1.165, 1.54) is 0 Å². The van der Waals surface area contributed by atoms with Crippen molar-refractivity contribution in [2.75, 3.05) is 17.2 Å². The first kappa shape index (κ1) is 16.7. The minimum atomic E-state index is 0.0130. The minimum Gasteiger partial charge on any atom is -0.356 e. The Morgan fingerprint density at radius 2 is 1.80 bits per heavy atom. The second-order valence-corrected chi connectivity index (χ2v) is 5.31. The van der Waals surface area contributed by atoms with Crippen LogP contribution in [0.2, 0.25) is 0 Å². The van der Waals surface area contributed by atoms with Gasteiger partial charge in [-0.1, -0.05) is 28.1 Å². The smallest absolute Gasteiger partial charge is 0.224 e. The second-order valence-electron chi connectivity index (χ2n) is 4.52. The van der Waals surface area contributed by atoms with Gasteiger partial charge in [-0.2, -0.15) is 0 Å². The molecule has 1 aromatic rings. The number of likely N-dealkylation sites (N-methyl/N-ethyl adjacent to an activating group) is 1. The lowest BCUT2D eigenvalue weighted by molar-refractivity contribution is -0.120. The molecule has 5 heteroatoms. The zero-order chi connectivity index (χ0) is 14.8. The lowest BCUT2D eigenvalue weighted by Crippen LogP contribution is -2.24. The summed E-state index contributed by atoms with van der Waals surface area (Å²) in [7, 11) is 0. The van der Waals surface area contributed by atoms with Crippen LogP contribution in [0.4, 0.5) is 5.69 Å². The molecule has 0 aliphatic heterocycles. The molecule has 2 amide bonds. The molecule has 4 nitrogen and oxygen atoms in total. The van der Waals surface area contributed by atoms with E-state index in [0.717, 1.165) is 29.4 Å². The molecule has 0 atom stereocenters. The van der Waals surface area contributed by atoms with Gasteiger partial charge in [0.2, 0.25) is 11.8 Å². The van der Waals surface area contributed by atoms with Crippen LogP contribution in [-0.4, -0.2) is 23.7 Å². The molecule has 0 saturated carbocycles. The Hall–Kier alpha value is -1.36. The van der Waals surface area contributed by atoms with Gasteiger partial charge in [-0.3, -0.25) is 9.59 Å². The molecular weight excluding hydrogens is 320 g/mol. The van der Waals surface area contributed by atoms with E-state index in [-0.39, 0.29) is 11.8 Å². The Morgan fingerprint density at radius 1 is 1.10 bits per heavy atom. The maximum atomic E-state index is 11.6. The molecular formula is C15H21BrN2O2. The van der Waals surface area contributed by atoms with E-state index >= 15 is 0 Å². The number of benzene rings is 1. The highest BCUT2D eigenvalue weighted by molar-refractivity contribution is 9.09. The van der Waals surface area contributed by atoms with E-state index in [9.17, 15) is 9.59 Å². The number of rotatable bonds is 8. The van der Waals surface area contributed by atoms with Gasteiger partial charge in [-0.25, -0.2) is 0 Å². The monoisotopic (exact) mass is 340 g/mol. The number of nitrogens with one attached hydrogen (secondary N) is 2. The molecule has 0 spiro atoms. The predicted octanol–water partition coefficient (Wildman–Crippen LogP) is 2.87. The van der Waals surface area contributed by atoms with E-state index < -0.39 is 0 Å². The SMILES string of the molecule is CCNC(=O)Cc1ccc(NC(=O)CCCCBr)cc1. The summed E-state index contributed by atoms with van der Waals surface area (Å²) in [6.07, 6.45) is 2.78. The molecule has 2 N–H and O–H groups in total. The highest BCUT2D eigenvalue weighted by atomic mass is 79.9. The van der Waals surface area contributed by atoms with Crippen molar-refractivity contribution >= 4 is 33.4 Å². The van der Waals surface area contributed by atoms with Crippen molar-refractivity contribution in [1.82, 2.24) is 5.32 Å². The molecule has 20 heavy (non-hydrogen) atoms. The highest BCUT2D eigenvalue weighted by Gasteiger charge is 2.04. The maximum Gasteiger partial charge on any atom is 0.224 e. The molecule has 0 heterocycles. The van der Waals surface area contributed by atoms with Gasteiger partial charge in [-0.15, -0.1) is 0 Å². The van der Waals surface area contributed by atoms with Crippen molar-refractivity contribution in [2.45, 2.75) is 32.6 Å². The zero-order valence-corrected chi connectivity index (χ0v) is 13.3. The summed E-state index contributed by atoms with van der Waals surface area (Å²) >= 11 is 3.34. The van der Waals surface area contributed by atoms with Crippen LogP contribution >= 0.6 is 15.9 Å². The first-order chi connectivity index (χ1) is 9.65. The fourth-order valence-electron chi connectivity index (χ4n) is 1.75. The number of anilines is 1. The first-order valence-electron chi connectivity index (χ1n) is 6.87. The molecule has 0 aliphatic carbocycles. The molecule has 0 fully saturated rings. The van der Waals surface area contributed by atoms with Gasteiger partial charge in [0.1, 0.15) is 0 Å². The summed E-state index contributed by atoms with van der Waals surface area (Å²) < 4.78 is 0. The normalized spacial score (nSPS) is 10.1. The van der Waals surface area contributed by atoms with Gasteiger partial charge in [0.15, 0.2) is 0 Å². The van der Waals surface area contributed by atoms with Crippen LogP contribution in [-0.2, 0) is 16.0 Å². The zero-order valence-electron chi connectivity index (χ0n) is 11.7. The lowest BCUT2D eigenvalue weighted by atomic mass is 10.1. The number of carbonyl (C=O) groups excluding carboxylic acids is 2. The molecule has 0 aliphatic rings. The molecule has 110 valence electrons. The molecule has 1 aromatic carbocycles. The number of amides is 2. The topological polar surface area (TPSA) is 58.2 Å². The Bertz CT molecular complexity index is 432. The number of hydrogen-bond donors (Lipinski definition) is 2. The van der Waals surface area contributed by atoms with Crippen molar-refractivity contribution in [3.63, 3.8) is 0 Å². The Balaban J connectivity index is 2.42. The highest BCUT2D eigenvalue weighted by Crippen LogP contribution is 2.11. The van der Waals surface area contributed by atoms with E-state index in [1.807, 2.05) is 31.2 Å². The van der Waals surface area contributed by atoms with Crippen LogP contribution in [0.15, 0.2) is 24.3 Å². The van der Waals surface area contributed by atoms with Crippen LogP contribution in [0.25, 0.3) is 0 Å². The molecule has 0 saturated heterocycles. The van der Waals surface area contributed by atoms with Crippen LogP contribution in [0.3, 0.4) is 0 Å². The van der Waals surface area contributed by atoms with Crippen LogP contribution in [0.5, 0.6) is 0 Å². The summed E-state index contributed by atoms with van der Waals surface area (Å²) in [5, 5.41) is 6.53. The van der Waals surface area contributed by atoms with Gasteiger partial charge < -0.3 is 10.6 Å². The summed E-state index contributed by atoms with van der Waals surface area (Å²) in [5.41, 5.74) is 1.71. The van der Waals surface area contributed by atoms with E-state index in [2.05, 4.69) is 26.6 Å². The molecule has 0 radical (unpaired) electrons. The standard InChI is InChI=1S/C15H21BrN2O2/c1-2-17-15(20)11-12-6-8-13(9-7-12)18-14(19)5-3-4-10-16/h6-9H,2-5,10-11H2,1H3,(H,17,20)(H,18,19). The van der Waals surface area contributed by atoms with Gasteiger partial charge in [-0.05, 0) is 37.5 Å². The maximum absolute atomic E-state index is 11.6. The Labute approximate surface area is 128 Å². The van der Waals surface area contributed by atoms with Crippen molar-refractivity contribution in [3.8, 4) is 0 Å². The van der Waals surface area contributed by atoms with Crippen molar-refractivity contribution < 1.29 is 9.59 Å². The third-order valence-electron chi connectivity index (χ3n) is 2.76. The van der Waals surface area contributed by atoms with E-state index in [0.29, 0.717) is 19.4 Å². The summed E-state index contributed by atoms with van der Waals surface area (Å²) in [5.74, 6) is 0.0430. The molecule has 0 unspecified atom stereocenters. The third-order valence-corrected chi connectivity index (χ3v) is 3.32.